The molecule has 2 fully saturated rings. The second-order valence-electron chi connectivity index (χ2n) is 7.82. The van der Waals surface area contributed by atoms with Crippen molar-refractivity contribution < 1.29 is 29.5 Å². The Morgan fingerprint density at radius 1 is 1.15 bits per heavy atom. The molecule has 0 amide bonds. The number of para-hydroxylation sites is 1. The fourth-order valence-corrected chi connectivity index (χ4v) is 3.26. The molecule has 1 aromatic carbocycles. The van der Waals surface area contributed by atoms with Crippen LogP contribution in [-0.4, -0.2) is 65.1 Å². The van der Waals surface area contributed by atoms with Gasteiger partial charge in [0.15, 0.2) is 12.5 Å². The largest absolute Gasteiger partial charge is 0.507 e. The summed E-state index contributed by atoms with van der Waals surface area (Å²) in [5.74, 6) is 0.144. The number of phenols is 1. The van der Waals surface area contributed by atoms with E-state index in [9.17, 15) is 15.3 Å². The number of nitrogens with zero attached hydrogens (tertiary/aromatic N) is 1. The summed E-state index contributed by atoms with van der Waals surface area (Å²) in [5.41, 5.74) is 1.11. The van der Waals surface area contributed by atoms with Gasteiger partial charge in [0.1, 0.15) is 30.2 Å². The van der Waals surface area contributed by atoms with Crippen LogP contribution < -0.4 is 0 Å². The topological polar surface area (TPSA) is 101 Å². The predicted octanol–water partition coefficient (Wildman–Crippen LogP) is 1.32. The Labute approximate surface area is 153 Å². The minimum atomic E-state index is -1.23. The molecule has 1 aromatic rings. The van der Waals surface area contributed by atoms with Gasteiger partial charge in [-0.2, -0.15) is 0 Å². The van der Waals surface area contributed by atoms with Gasteiger partial charge in [0.2, 0.25) is 0 Å². The summed E-state index contributed by atoms with van der Waals surface area (Å²) in [6.45, 7) is 8.02. The predicted molar refractivity (Wildman–Crippen MR) is 95.4 cm³/mol. The minimum absolute atomic E-state index is 0.144. The van der Waals surface area contributed by atoms with E-state index in [0.29, 0.717) is 5.56 Å². The molecule has 144 valence electrons. The zero-order chi connectivity index (χ0) is 19.1. The van der Waals surface area contributed by atoms with Gasteiger partial charge in [-0.3, -0.25) is 4.99 Å². The van der Waals surface area contributed by atoms with Crippen molar-refractivity contribution in [1.82, 2.24) is 0 Å². The van der Waals surface area contributed by atoms with Crippen LogP contribution in [0.5, 0.6) is 5.75 Å². The van der Waals surface area contributed by atoms with Crippen LogP contribution in [0.3, 0.4) is 0 Å². The average molecular weight is 365 g/mol. The smallest absolute Gasteiger partial charge is 0.177 e. The van der Waals surface area contributed by atoms with E-state index < -0.39 is 36.9 Å². The maximum Gasteiger partial charge on any atom is 0.177 e. The third kappa shape index (κ3) is 3.77. The highest BCUT2D eigenvalue weighted by Gasteiger charge is 2.47. The molecule has 7 heteroatoms. The van der Waals surface area contributed by atoms with Gasteiger partial charge >= 0.3 is 0 Å². The van der Waals surface area contributed by atoms with Gasteiger partial charge < -0.3 is 29.5 Å². The molecule has 2 aliphatic heterocycles. The first-order chi connectivity index (χ1) is 12.2. The first kappa shape index (κ1) is 19.3. The molecule has 2 aliphatic rings. The Hall–Kier alpha value is -1.51. The fraction of sp³-hybridized carbons (Fsp3) is 0.632. The lowest BCUT2D eigenvalue weighted by Crippen LogP contribution is -2.62. The van der Waals surface area contributed by atoms with Crippen molar-refractivity contribution in [1.29, 1.82) is 0 Å². The molecule has 3 rings (SSSR count). The molecule has 0 spiro atoms. The molecule has 2 saturated heterocycles. The van der Waals surface area contributed by atoms with Crippen molar-refractivity contribution in [2.75, 3.05) is 6.61 Å². The van der Waals surface area contributed by atoms with Gasteiger partial charge in [-0.1, -0.05) is 32.9 Å². The third-order valence-electron chi connectivity index (χ3n) is 4.74. The molecule has 0 aromatic heterocycles. The molecule has 0 radical (unpaired) electrons. The number of aliphatic hydroxyl groups excluding tert-OH is 2. The van der Waals surface area contributed by atoms with E-state index in [1.807, 2.05) is 32.9 Å². The highest BCUT2D eigenvalue weighted by Crippen LogP contribution is 2.33. The quantitative estimate of drug-likeness (QED) is 0.684. The summed E-state index contributed by atoms with van der Waals surface area (Å²) in [6.07, 6.45) is -3.50. The van der Waals surface area contributed by atoms with Crippen molar-refractivity contribution >= 4 is 6.21 Å². The van der Waals surface area contributed by atoms with Crippen molar-refractivity contribution in [2.24, 2.45) is 4.99 Å². The highest BCUT2D eigenvalue weighted by atomic mass is 16.7. The van der Waals surface area contributed by atoms with E-state index in [2.05, 4.69) is 4.99 Å². The monoisotopic (exact) mass is 365 g/mol. The van der Waals surface area contributed by atoms with E-state index in [1.54, 1.807) is 13.0 Å². The van der Waals surface area contributed by atoms with Gasteiger partial charge in [-0.05, 0) is 24.0 Å². The number of rotatable bonds is 2. The Balaban J connectivity index is 1.79. The third-order valence-corrected chi connectivity index (χ3v) is 4.74. The van der Waals surface area contributed by atoms with E-state index in [4.69, 9.17) is 14.2 Å². The minimum Gasteiger partial charge on any atom is -0.507 e. The first-order valence-electron chi connectivity index (χ1n) is 8.83. The highest BCUT2D eigenvalue weighted by molar-refractivity contribution is 5.84. The average Bonchev–Trinajstić information content (AvgIpc) is 2.57. The zero-order valence-corrected chi connectivity index (χ0v) is 15.5. The Bertz CT molecular complexity index is 668. The van der Waals surface area contributed by atoms with E-state index in [1.165, 1.54) is 6.21 Å². The lowest BCUT2D eigenvalue weighted by molar-refractivity contribution is -0.319. The maximum atomic E-state index is 10.5. The molecule has 26 heavy (non-hydrogen) atoms. The number of aliphatic hydroxyl groups is 2. The summed E-state index contributed by atoms with van der Waals surface area (Å²) in [5, 5.41) is 31.2. The van der Waals surface area contributed by atoms with Crippen LogP contribution in [0.4, 0.5) is 0 Å². The maximum absolute atomic E-state index is 10.5. The Morgan fingerprint density at radius 3 is 2.58 bits per heavy atom. The molecule has 7 nitrogen and oxygen atoms in total. The number of fused-ring (bicyclic) bond motifs is 1. The molecule has 6 atom stereocenters. The summed E-state index contributed by atoms with van der Waals surface area (Å²) in [7, 11) is 0. The number of aliphatic imine (C=N–C) groups is 1. The summed E-state index contributed by atoms with van der Waals surface area (Å²) < 4.78 is 16.6. The number of hydrogen-bond acceptors (Lipinski definition) is 7. The van der Waals surface area contributed by atoms with Gasteiger partial charge in [-0.15, -0.1) is 0 Å². The van der Waals surface area contributed by atoms with Gasteiger partial charge in [0, 0.05) is 11.8 Å². The van der Waals surface area contributed by atoms with Crippen molar-refractivity contribution in [3.05, 3.63) is 29.3 Å². The molecule has 1 unspecified atom stereocenters. The fourth-order valence-electron chi connectivity index (χ4n) is 3.26. The molecule has 3 N–H and O–H groups in total. The molecular weight excluding hydrogens is 338 g/mol. The van der Waals surface area contributed by atoms with Crippen LogP contribution in [-0.2, 0) is 19.6 Å². The Kier molecular flexibility index (Phi) is 5.37. The van der Waals surface area contributed by atoms with E-state index in [-0.39, 0.29) is 17.8 Å². The zero-order valence-electron chi connectivity index (χ0n) is 15.5. The SMILES string of the molecule is CC1OC[C@H]2O[C@@H](N=Cc3cccc(C(C)(C)C)c3O)[C@H](O)[C@@H](O)[C@@H]2O1. The number of ether oxygens (including phenoxy) is 3. The van der Waals surface area contributed by atoms with E-state index in [0.717, 1.165) is 5.56 Å². The van der Waals surface area contributed by atoms with Crippen LogP contribution in [0.1, 0.15) is 38.8 Å². The normalized spacial score (nSPS) is 35.5. The molecule has 2 heterocycles. The summed E-state index contributed by atoms with van der Waals surface area (Å²) in [6, 6.07) is 5.44. The number of benzene rings is 1. The molecular formula is C19H27NO6. The second kappa shape index (κ2) is 7.25. The van der Waals surface area contributed by atoms with Gasteiger partial charge in [-0.25, -0.2) is 0 Å². The second-order valence-corrected chi connectivity index (χ2v) is 7.82. The number of phenolic OH excluding ortho intramolecular Hbond substituents is 1. The lowest BCUT2D eigenvalue weighted by atomic mass is 9.85. The molecule has 0 saturated carbocycles. The van der Waals surface area contributed by atoms with Crippen LogP contribution in [0.15, 0.2) is 23.2 Å². The lowest BCUT2D eigenvalue weighted by Gasteiger charge is -2.44. The molecule has 0 aliphatic carbocycles. The van der Waals surface area contributed by atoms with Crippen molar-refractivity contribution in [3.8, 4) is 5.75 Å². The van der Waals surface area contributed by atoms with Crippen LogP contribution >= 0.6 is 0 Å². The summed E-state index contributed by atoms with van der Waals surface area (Å²) in [4.78, 5) is 4.25. The van der Waals surface area contributed by atoms with Gasteiger partial charge in [0.05, 0.1) is 6.61 Å². The van der Waals surface area contributed by atoms with Crippen molar-refractivity contribution in [3.63, 3.8) is 0 Å². The van der Waals surface area contributed by atoms with Gasteiger partial charge in [0.25, 0.3) is 0 Å². The Morgan fingerprint density at radius 2 is 1.88 bits per heavy atom. The van der Waals surface area contributed by atoms with Crippen LogP contribution in [0, 0.1) is 0 Å². The number of hydrogen-bond donors (Lipinski definition) is 3. The standard InChI is InChI=1S/C19H27NO6/c1-10-24-9-13-17(25-10)15(22)16(23)18(26-13)20-8-11-6-5-7-12(14(11)21)19(2,3)4/h5-8,10,13,15-18,21-23H,9H2,1-4H3/t10?,13-,15-,16-,17-,18-/m1/s1. The van der Waals surface area contributed by atoms with Crippen LogP contribution in [0.2, 0.25) is 0 Å². The van der Waals surface area contributed by atoms with E-state index >= 15 is 0 Å². The first-order valence-corrected chi connectivity index (χ1v) is 8.83. The summed E-state index contributed by atoms with van der Waals surface area (Å²) >= 11 is 0. The van der Waals surface area contributed by atoms with Crippen molar-refractivity contribution in [2.45, 2.75) is 70.0 Å². The number of aromatic hydroxyl groups is 1. The van der Waals surface area contributed by atoms with Crippen LogP contribution in [0.25, 0.3) is 0 Å². The molecule has 0 bridgehead atoms.